The van der Waals surface area contributed by atoms with Crippen LogP contribution in [0.5, 0.6) is 0 Å². The van der Waals surface area contributed by atoms with Crippen molar-refractivity contribution in [3.63, 3.8) is 0 Å². The largest absolute Gasteiger partial charge is 0.383 e. The number of rotatable bonds is 2. The van der Waals surface area contributed by atoms with Crippen molar-refractivity contribution in [2.45, 2.75) is 6.10 Å². The Morgan fingerprint density at radius 1 is 1.12 bits per heavy atom. The summed E-state index contributed by atoms with van der Waals surface area (Å²) in [6.45, 7) is 0. The Labute approximate surface area is 133 Å². The predicted octanol–water partition coefficient (Wildman–Crippen LogP) is 5.77. The molecule has 2 rings (SSSR count). The first kappa shape index (κ1) is 14.0. The average molecular weight is 461 g/mol. The summed E-state index contributed by atoms with van der Waals surface area (Å²) in [5.74, 6) is 0. The molecule has 17 heavy (non-hydrogen) atoms. The lowest BCUT2D eigenvalue weighted by atomic mass is 10.1. The highest BCUT2D eigenvalue weighted by molar-refractivity contribution is 9.13. The molecule has 0 radical (unpaired) electrons. The zero-order chi connectivity index (χ0) is 12.6. The molecule has 1 heterocycles. The van der Waals surface area contributed by atoms with Crippen LogP contribution in [0.4, 0.5) is 0 Å². The van der Waals surface area contributed by atoms with Crippen molar-refractivity contribution < 1.29 is 5.11 Å². The summed E-state index contributed by atoms with van der Waals surface area (Å²) >= 11 is 17.6. The van der Waals surface area contributed by atoms with Gasteiger partial charge in [-0.15, -0.1) is 11.3 Å². The third-order valence-corrected chi connectivity index (χ3v) is 6.12. The van der Waals surface area contributed by atoms with E-state index in [1.54, 1.807) is 12.1 Å². The zero-order valence-electron chi connectivity index (χ0n) is 8.25. The fourth-order valence-corrected chi connectivity index (χ4v) is 4.39. The molecule has 1 atom stereocenters. The quantitative estimate of drug-likeness (QED) is 0.602. The van der Waals surface area contributed by atoms with Crippen molar-refractivity contribution in [3.8, 4) is 0 Å². The van der Waals surface area contributed by atoms with Crippen LogP contribution in [0.15, 0.2) is 37.0 Å². The second-order valence-electron chi connectivity index (χ2n) is 3.38. The maximum atomic E-state index is 10.3. The van der Waals surface area contributed by atoms with Gasteiger partial charge in [0.05, 0.1) is 3.79 Å². The number of benzene rings is 1. The molecule has 0 fully saturated rings. The topological polar surface area (TPSA) is 20.2 Å². The minimum Gasteiger partial charge on any atom is -0.383 e. The van der Waals surface area contributed by atoms with Crippen LogP contribution in [-0.4, -0.2) is 5.11 Å². The lowest BCUT2D eigenvalue weighted by molar-refractivity contribution is 0.224. The highest BCUT2D eigenvalue weighted by Gasteiger charge is 2.16. The SMILES string of the molecule is OC(c1cc(Cl)cc(Br)c1)c1cc(Br)c(Br)s1. The van der Waals surface area contributed by atoms with E-state index in [0.29, 0.717) is 5.02 Å². The highest BCUT2D eigenvalue weighted by Crippen LogP contribution is 2.38. The van der Waals surface area contributed by atoms with E-state index in [9.17, 15) is 5.11 Å². The second kappa shape index (κ2) is 5.72. The van der Waals surface area contributed by atoms with Crippen LogP contribution in [0.2, 0.25) is 5.02 Å². The van der Waals surface area contributed by atoms with Crippen LogP contribution in [-0.2, 0) is 0 Å². The van der Waals surface area contributed by atoms with Crippen LogP contribution in [0, 0.1) is 0 Å². The third-order valence-electron chi connectivity index (χ3n) is 2.13. The summed E-state index contributed by atoms with van der Waals surface area (Å²) in [7, 11) is 0. The molecule has 0 aliphatic carbocycles. The van der Waals surface area contributed by atoms with E-state index in [0.717, 1.165) is 23.2 Å². The lowest BCUT2D eigenvalue weighted by Crippen LogP contribution is -1.96. The summed E-state index contributed by atoms with van der Waals surface area (Å²) < 4.78 is 2.76. The van der Waals surface area contributed by atoms with Gasteiger partial charge in [0, 0.05) is 18.8 Å². The third kappa shape index (κ3) is 3.33. The fourth-order valence-electron chi connectivity index (χ4n) is 1.40. The number of halogens is 4. The van der Waals surface area contributed by atoms with Crippen LogP contribution in [0.25, 0.3) is 0 Å². The molecule has 90 valence electrons. The van der Waals surface area contributed by atoms with Gasteiger partial charge in [0.25, 0.3) is 0 Å². The molecule has 0 saturated heterocycles. The summed E-state index contributed by atoms with van der Waals surface area (Å²) in [6, 6.07) is 7.31. The minimum absolute atomic E-state index is 0.600. The molecular weight excluding hydrogens is 455 g/mol. The van der Waals surface area contributed by atoms with Crippen LogP contribution >= 0.6 is 70.7 Å². The normalized spacial score (nSPS) is 12.8. The highest BCUT2D eigenvalue weighted by atomic mass is 79.9. The van der Waals surface area contributed by atoms with Gasteiger partial charge < -0.3 is 5.11 Å². The van der Waals surface area contributed by atoms with Crippen LogP contribution in [0.3, 0.4) is 0 Å². The number of thiophene rings is 1. The Morgan fingerprint density at radius 3 is 2.35 bits per heavy atom. The van der Waals surface area contributed by atoms with E-state index in [-0.39, 0.29) is 0 Å². The first-order valence-electron chi connectivity index (χ1n) is 4.56. The van der Waals surface area contributed by atoms with Gasteiger partial charge in [0.1, 0.15) is 6.10 Å². The molecule has 1 nitrogen and oxygen atoms in total. The van der Waals surface area contributed by atoms with Crippen molar-refractivity contribution in [3.05, 3.63) is 52.5 Å². The monoisotopic (exact) mass is 458 g/mol. The molecule has 1 aromatic carbocycles. The number of aliphatic hydroxyl groups excluding tert-OH is 1. The van der Waals surface area contributed by atoms with E-state index in [1.165, 1.54) is 11.3 Å². The first-order chi connectivity index (χ1) is 7.97. The second-order valence-corrected chi connectivity index (χ2v) is 7.98. The molecule has 0 aliphatic heterocycles. The molecule has 1 aromatic heterocycles. The van der Waals surface area contributed by atoms with Gasteiger partial charge in [0.15, 0.2) is 0 Å². The minimum atomic E-state index is -0.669. The Hall–Kier alpha value is 0.610. The van der Waals surface area contributed by atoms with Gasteiger partial charge in [-0.3, -0.25) is 0 Å². The molecule has 1 unspecified atom stereocenters. The van der Waals surface area contributed by atoms with E-state index in [4.69, 9.17) is 11.6 Å². The maximum absolute atomic E-state index is 10.3. The smallest absolute Gasteiger partial charge is 0.113 e. The van der Waals surface area contributed by atoms with Crippen molar-refractivity contribution in [1.82, 2.24) is 0 Å². The number of hydrogen-bond donors (Lipinski definition) is 1. The van der Waals surface area contributed by atoms with E-state index in [1.807, 2.05) is 12.1 Å². The standard InChI is InChI=1S/C11H6Br3ClOS/c12-6-1-5(2-7(15)3-6)10(16)9-4-8(13)11(14)17-9/h1-4,10,16H. The molecule has 1 N–H and O–H groups in total. The predicted molar refractivity (Wildman–Crippen MR) is 82.9 cm³/mol. The van der Waals surface area contributed by atoms with Gasteiger partial charge >= 0.3 is 0 Å². The van der Waals surface area contributed by atoms with Crippen molar-refractivity contribution in [2.24, 2.45) is 0 Å². The Kier molecular flexibility index (Phi) is 4.72. The summed E-state index contributed by atoms with van der Waals surface area (Å²) in [5, 5.41) is 10.9. The van der Waals surface area contributed by atoms with Crippen molar-refractivity contribution in [1.29, 1.82) is 0 Å². The molecule has 0 spiro atoms. The molecule has 0 bridgehead atoms. The van der Waals surface area contributed by atoms with Gasteiger partial charge in [-0.05, 0) is 61.7 Å². The molecule has 0 amide bonds. The lowest BCUT2D eigenvalue weighted by Gasteiger charge is -2.09. The summed E-state index contributed by atoms with van der Waals surface area (Å²) in [4.78, 5) is 0.859. The Bertz CT molecular complexity index is 516. The molecule has 2 aromatic rings. The molecule has 0 saturated carbocycles. The van der Waals surface area contributed by atoms with Gasteiger partial charge in [-0.2, -0.15) is 0 Å². The van der Waals surface area contributed by atoms with Crippen LogP contribution in [0.1, 0.15) is 16.5 Å². The van der Waals surface area contributed by atoms with E-state index in [2.05, 4.69) is 47.8 Å². The zero-order valence-corrected chi connectivity index (χ0v) is 14.6. The summed E-state index contributed by atoms with van der Waals surface area (Å²) in [6.07, 6.45) is -0.669. The fraction of sp³-hybridized carbons (Fsp3) is 0.0909. The average Bonchev–Trinajstić information content (AvgIpc) is 2.57. The van der Waals surface area contributed by atoms with Gasteiger partial charge in [-0.25, -0.2) is 0 Å². The molecular formula is C11H6Br3ClOS. The molecule has 6 heteroatoms. The molecule has 0 aliphatic rings. The van der Waals surface area contributed by atoms with E-state index < -0.39 is 6.10 Å². The van der Waals surface area contributed by atoms with Crippen molar-refractivity contribution in [2.75, 3.05) is 0 Å². The van der Waals surface area contributed by atoms with Gasteiger partial charge in [-0.1, -0.05) is 27.5 Å². The number of hydrogen-bond acceptors (Lipinski definition) is 2. The van der Waals surface area contributed by atoms with Crippen molar-refractivity contribution >= 4 is 70.7 Å². The summed E-state index contributed by atoms with van der Waals surface area (Å²) in [5.41, 5.74) is 0.769. The Balaban J connectivity index is 2.39. The first-order valence-corrected chi connectivity index (χ1v) is 8.13. The maximum Gasteiger partial charge on any atom is 0.113 e. The van der Waals surface area contributed by atoms with Crippen LogP contribution < -0.4 is 0 Å². The number of aliphatic hydroxyl groups is 1. The van der Waals surface area contributed by atoms with E-state index >= 15 is 0 Å². The van der Waals surface area contributed by atoms with Gasteiger partial charge in [0.2, 0.25) is 0 Å². The Morgan fingerprint density at radius 2 is 1.82 bits per heavy atom.